The zero-order valence-electron chi connectivity index (χ0n) is 15.8. The van der Waals surface area contributed by atoms with Crippen molar-refractivity contribution in [1.29, 1.82) is 0 Å². The van der Waals surface area contributed by atoms with Crippen molar-refractivity contribution in [3.8, 4) is 5.75 Å². The van der Waals surface area contributed by atoms with E-state index in [2.05, 4.69) is 16.9 Å². The number of nitrogens with zero attached hydrogens (tertiary/aromatic N) is 3. The van der Waals surface area contributed by atoms with Crippen molar-refractivity contribution in [3.63, 3.8) is 0 Å². The molecule has 0 bridgehead atoms. The molecule has 1 saturated heterocycles. The molecular weight excluding hydrogens is 357 g/mol. The summed E-state index contributed by atoms with van der Waals surface area (Å²) in [6.07, 6.45) is -2.51. The molecule has 0 aromatic heterocycles. The summed E-state index contributed by atoms with van der Waals surface area (Å²) in [4.78, 5) is 7.71. The van der Waals surface area contributed by atoms with E-state index < -0.39 is 12.2 Å². The van der Waals surface area contributed by atoms with Crippen molar-refractivity contribution in [2.24, 2.45) is 4.99 Å². The average Bonchev–Trinajstić information content (AvgIpc) is 2.66. The highest BCUT2D eigenvalue weighted by Gasteiger charge is 2.41. The van der Waals surface area contributed by atoms with Crippen LogP contribution in [0.25, 0.3) is 0 Å². The van der Waals surface area contributed by atoms with Crippen molar-refractivity contribution < 1.29 is 17.9 Å². The second-order valence-corrected chi connectivity index (χ2v) is 6.35. The number of hydrogen-bond donors (Lipinski definition) is 1. The quantitative estimate of drug-likeness (QED) is 0.465. The van der Waals surface area contributed by atoms with E-state index in [-0.39, 0.29) is 0 Å². The van der Waals surface area contributed by atoms with E-state index >= 15 is 0 Å². The van der Waals surface area contributed by atoms with Gasteiger partial charge in [0.15, 0.2) is 5.96 Å². The topological polar surface area (TPSA) is 40.1 Å². The van der Waals surface area contributed by atoms with Crippen LogP contribution in [0.4, 0.5) is 13.2 Å². The van der Waals surface area contributed by atoms with Crippen LogP contribution in [-0.2, 0) is 6.54 Å². The van der Waals surface area contributed by atoms with Crippen molar-refractivity contribution in [3.05, 3.63) is 42.5 Å². The molecule has 2 rings (SSSR count). The summed E-state index contributed by atoms with van der Waals surface area (Å²) in [5, 5.41) is 3.28. The van der Waals surface area contributed by atoms with Crippen LogP contribution in [0.15, 0.2) is 41.9 Å². The molecule has 150 valence electrons. The number of aliphatic imine (C=N–C) groups is 1. The maximum atomic E-state index is 12.9. The molecule has 0 spiro atoms. The normalized spacial score (nSPS) is 17.5. The Bertz CT molecular complexity index is 640. The SMILES string of the molecule is C=CCOc1ccccc1CNC(=NC)N1CCN(C(C)C(F)(F)F)CC1. The highest BCUT2D eigenvalue weighted by molar-refractivity contribution is 5.80. The van der Waals surface area contributed by atoms with Gasteiger partial charge in [0.05, 0.1) is 0 Å². The Labute approximate surface area is 158 Å². The molecule has 0 saturated carbocycles. The minimum Gasteiger partial charge on any atom is -0.489 e. The lowest BCUT2D eigenvalue weighted by Crippen LogP contribution is -2.56. The third kappa shape index (κ3) is 5.89. The number of para-hydroxylation sites is 1. The molecule has 0 aliphatic carbocycles. The highest BCUT2D eigenvalue weighted by atomic mass is 19.4. The Kier molecular flexibility index (Phi) is 7.53. The molecule has 1 aliphatic heterocycles. The van der Waals surface area contributed by atoms with Crippen LogP contribution in [0.2, 0.25) is 0 Å². The van der Waals surface area contributed by atoms with Gasteiger partial charge < -0.3 is 15.0 Å². The molecule has 1 heterocycles. The first-order valence-corrected chi connectivity index (χ1v) is 8.94. The number of guanidine groups is 1. The molecule has 27 heavy (non-hydrogen) atoms. The van der Waals surface area contributed by atoms with Gasteiger partial charge in [-0.3, -0.25) is 9.89 Å². The van der Waals surface area contributed by atoms with E-state index in [0.717, 1.165) is 11.3 Å². The van der Waals surface area contributed by atoms with Crippen molar-refractivity contribution in [1.82, 2.24) is 15.1 Å². The number of benzene rings is 1. The predicted octanol–water partition coefficient (Wildman–Crippen LogP) is 2.90. The molecule has 1 aromatic carbocycles. The summed E-state index contributed by atoms with van der Waals surface area (Å²) in [5.41, 5.74) is 0.977. The van der Waals surface area contributed by atoms with Gasteiger partial charge in [-0.05, 0) is 13.0 Å². The van der Waals surface area contributed by atoms with Gasteiger partial charge in [-0.2, -0.15) is 13.2 Å². The fourth-order valence-electron chi connectivity index (χ4n) is 2.97. The van der Waals surface area contributed by atoms with E-state index in [1.807, 2.05) is 29.2 Å². The molecule has 8 heteroatoms. The number of halogens is 3. The van der Waals surface area contributed by atoms with E-state index in [0.29, 0.717) is 45.3 Å². The lowest BCUT2D eigenvalue weighted by Gasteiger charge is -2.39. The lowest BCUT2D eigenvalue weighted by atomic mass is 10.2. The maximum Gasteiger partial charge on any atom is 0.403 e. The zero-order chi connectivity index (χ0) is 19.9. The predicted molar refractivity (Wildman–Crippen MR) is 101 cm³/mol. The fourth-order valence-corrected chi connectivity index (χ4v) is 2.97. The highest BCUT2D eigenvalue weighted by Crippen LogP contribution is 2.25. The second kappa shape index (κ2) is 9.64. The van der Waals surface area contributed by atoms with Gasteiger partial charge in [-0.1, -0.05) is 30.9 Å². The molecule has 1 aromatic rings. The number of piperazine rings is 1. The number of hydrogen-bond acceptors (Lipinski definition) is 3. The first-order chi connectivity index (χ1) is 12.9. The minimum absolute atomic E-state index is 0.348. The van der Waals surface area contributed by atoms with Crippen LogP contribution >= 0.6 is 0 Å². The van der Waals surface area contributed by atoms with Gasteiger partial charge in [-0.25, -0.2) is 0 Å². The van der Waals surface area contributed by atoms with E-state index in [1.165, 1.54) is 11.8 Å². The summed E-state index contributed by atoms with van der Waals surface area (Å²) in [5.74, 6) is 1.44. The summed E-state index contributed by atoms with van der Waals surface area (Å²) in [6.45, 7) is 7.48. The molecule has 1 fully saturated rings. The molecule has 0 amide bonds. The Morgan fingerprint density at radius 3 is 2.56 bits per heavy atom. The first kappa shape index (κ1) is 21.1. The van der Waals surface area contributed by atoms with Gasteiger partial charge in [-0.15, -0.1) is 0 Å². The third-order valence-corrected chi connectivity index (χ3v) is 4.61. The number of ether oxygens (including phenoxy) is 1. The molecule has 1 atom stereocenters. The van der Waals surface area contributed by atoms with E-state index in [1.54, 1.807) is 13.1 Å². The van der Waals surface area contributed by atoms with Crippen molar-refractivity contribution in [2.45, 2.75) is 25.7 Å². The van der Waals surface area contributed by atoms with E-state index in [4.69, 9.17) is 4.74 Å². The number of alkyl halides is 3. The van der Waals surface area contributed by atoms with Gasteiger partial charge in [0.1, 0.15) is 18.4 Å². The number of nitrogens with one attached hydrogen (secondary N) is 1. The van der Waals surface area contributed by atoms with Crippen LogP contribution < -0.4 is 10.1 Å². The van der Waals surface area contributed by atoms with Crippen LogP contribution in [0.5, 0.6) is 5.75 Å². The summed E-state index contributed by atoms with van der Waals surface area (Å²) in [7, 11) is 1.67. The largest absolute Gasteiger partial charge is 0.489 e. The average molecular weight is 384 g/mol. The van der Waals surface area contributed by atoms with Gasteiger partial charge in [0.25, 0.3) is 0 Å². The molecule has 1 N–H and O–H groups in total. The molecule has 5 nitrogen and oxygen atoms in total. The Morgan fingerprint density at radius 2 is 1.96 bits per heavy atom. The third-order valence-electron chi connectivity index (χ3n) is 4.61. The molecule has 0 radical (unpaired) electrons. The molecular formula is C19H27F3N4O. The van der Waals surface area contributed by atoms with Gasteiger partial charge in [0.2, 0.25) is 0 Å². The van der Waals surface area contributed by atoms with Gasteiger partial charge in [0, 0.05) is 45.3 Å². The van der Waals surface area contributed by atoms with Crippen LogP contribution in [0, 0.1) is 0 Å². The first-order valence-electron chi connectivity index (χ1n) is 8.94. The standard InChI is InChI=1S/C19H27F3N4O/c1-4-13-27-17-8-6-5-7-16(17)14-24-18(23-3)26-11-9-25(10-12-26)15(2)19(20,21)22/h4-8,15H,1,9-14H2,2-3H3,(H,23,24). The summed E-state index contributed by atoms with van der Waals surface area (Å²) < 4.78 is 44.3. The van der Waals surface area contributed by atoms with Crippen LogP contribution in [0.3, 0.4) is 0 Å². The Balaban J connectivity index is 1.91. The second-order valence-electron chi connectivity index (χ2n) is 6.35. The van der Waals surface area contributed by atoms with Crippen molar-refractivity contribution in [2.75, 3.05) is 39.8 Å². The van der Waals surface area contributed by atoms with Crippen molar-refractivity contribution >= 4 is 5.96 Å². The lowest BCUT2D eigenvalue weighted by molar-refractivity contribution is -0.181. The molecule has 1 aliphatic rings. The summed E-state index contributed by atoms with van der Waals surface area (Å²) >= 11 is 0. The fraction of sp³-hybridized carbons (Fsp3) is 0.526. The Hall–Kier alpha value is -2.22. The van der Waals surface area contributed by atoms with E-state index in [9.17, 15) is 13.2 Å². The Morgan fingerprint density at radius 1 is 1.30 bits per heavy atom. The number of rotatable bonds is 6. The maximum absolute atomic E-state index is 12.9. The van der Waals surface area contributed by atoms with Gasteiger partial charge >= 0.3 is 6.18 Å². The zero-order valence-corrected chi connectivity index (χ0v) is 15.8. The molecule has 1 unspecified atom stereocenters. The minimum atomic E-state index is -4.20. The van der Waals surface area contributed by atoms with Crippen LogP contribution in [-0.4, -0.2) is 67.8 Å². The smallest absolute Gasteiger partial charge is 0.403 e. The summed E-state index contributed by atoms with van der Waals surface area (Å²) in [6, 6.07) is 6.25. The van der Waals surface area contributed by atoms with Crippen LogP contribution in [0.1, 0.15) is 12.5 Å². The monoisotopic (exact) mass is 384 g/mol.